The van der Waals surface area contributed by atoms with E-state index in [4.69, 9.17) is 0 Å². The average molecular weight is 271 g/mol. The summed E-state index contributed by atoms with van der Waals surface area (Å²) in [6.07, 6.45) is 5.32. The van der Waals surface area contributed by atoms with Gasteiger partial charge in [-0.2, -0.15) is 0 Å². The molecule has 0 saturated carbocycles. The summed E-state index contributed by atoms with van der Waals surface area (Å²) in [6.45, 7) is 0. The van der Waals surface area contributed by atoms with Crippen molar-refractivity contribution in [3.63, 3.8) is 0 Å². The van der Waals surface area contributed by atoms with E-state index in [0.29, 0.717) is 11.4 Å². The Labute approximate surface area is 116 Å². The summed E-state index contributed by atoms with van der Waals surface area (Å²) < 4.78 is 12.8. The molecule has 0 bridgehead atoms. The molecule has 0 radical (unpaired) electrons. The fourth-order valence-electron chi connectivity index (χ4n) is 2.44. The van der Waals surface area contributed by atoms with Crippen LogP contribution in [-0.4, -0.2) is 15.9 Å². The number of hydrogen-bond acceptors (Lipinski definition) is 3. The number of aromatic nitrogens is 2. The maximum atomic E-state index is 12.8. The van der Waals surface area contributed by atoms with Crippen molar-refractivity contribution in [2.75, 3.05) is 5.32 Å². The van der Waals surface area contributed by atoms with Gasteiger partial charge in [-0.25, -0.2) is 14.4 Å². The minimum Gasteiger partial charge on any atom is -0.321 e. The Morgan fingerprint density at radius 1 is 1.10 bits per heavy atom. The van der Waals surface area contributed by atoms with Gasteiger partial charge in [-0.15, -0.1) is 0 Å². The Kier molecular flexibility index (Phi) is 3.41. The number of amides is 1. The van der Waals surface area contributed by atoms with Gasteiger partial charge in [0.2, 0.25) is 0 Å². The Bertz CT molecular complexity index is 640. The number of anilines is 1. The lowest BCUT2D eigenvalue weighted by Gasteiger charge is -2.16. The van der Waals surface area contributed by atoms with Crippen LogP contribution in [0.15, 0.2) is 30.6 Å². The van der Waals surface area contributed by atoms with Crippen LogP contribution in [-0.2, 0) is 12.8 Å². The number of hydrogen-bond donors (Lipinski definition) is 1. The zero-order chi connectivity index (χ0) is 13.9. The van der Waals surface area contributed by atoms with E-state index in [2.05, 4.69) is 15.3 Å². The van der Waals surface area contributed by atoms with Gasteiger partial charge in [0, 0.05) is 16.9 Å². The Morgan fingerprint density at radius 2 is 1.85 bits per heavy atom. The van der Waals surface area contributed by atoms with Crippen LogP contribution in [0.3, 0.4) is 0 Å². The largest absolute Gasteiger partial charge is 0.321 e. The summed E-state index contributed by atoms with van der Waals surface area (Å²) in [5.74, 6) is -0.598. The molecule has 3 rings (SSSR count). The first kappa shape index (κ1) is 12.7. The molecule has 0 saturated heterocycles. The molecule has 0 spiro atoms. The number of nitrogens with zero attached hydrogens (tertiary/aromatic N) is 2. The average Bonchev–Trinajstić information content (AvgIpc) is 2.49. The molecule has 5 heteroatoms. The van der Waals surface area contributed by atoms with E-state index in [1.807, 2.05) is 0 Å². The summed E-state index contributed by atoms with van der Waals surface area (Å²) in [6, 6.07) is 5.68. The third-order valence-electron chi connectivity index (χ3n) is 3.44. The molecular weight excluding hydrogens is 257 g/mol. The summed E-state index contributed by atoms with van der Waals surface area (Å²) in [4.78, 5) is 20.6. The highest BCUT2D eigenvalue weighted by Gasteiger charge is 2.20. The highest BCUT2D eigenvalue weighted by molar-refractivity contribution is 6.03. The van der Waals surface area contributed by atoms with Gasteiger partial charge in [-0.05, 0) is 49.9 Å². The van der Waals surface area contributed by atoms with Crippen LogP contribution in [0.25, 0.3) is 0 Å². The van der Waals surface area contributed by atoms with Gasteiger partial charge >= 0.3 is 0 Å². The van der Waals surface area contributed by atoms with E-state index < -0.39 is 0 Å². The van der Waals surface area contributed by atoms with Gasteiger partial charge in [-0.1, -0.05) is 0 Å². The summed E-state index contributed by atoms with van der Waals surface area (Å²) in [5, 5.41) is 2.74. The van der Waals surface area contributed by atoms with Crippen LogP contribution in [0.5, 0.6) is 0 Å². The number of rotatable bonds is 2. The van der Waals surface area contributed by atoms with Crippen LogP contribution in [0.1, 0.15) is 34.6 Å². The molecule has 0 unspecified atom stereocenters. The molecule has 1 aromatic carbocycles. The fourth-order valence-corrected chi connectivity index (χ4v) is 2.44. The second-order valence-electron chi connectivity index (χ2n) is 4.82. The van der Waals surface area contributed by atoms with E-state index in [1.54, 1.807) is 0 Å². The SMILES string of the molecule is O=C(Nc1ccc(F)cc1)c1ncnc2c1CCCC2. The van der Waals surface area contributed by atoms with Crippen molar-refractivity contribution >= 4 is 11.6 Å². The first-order valence-electron chi connectivity index (χ1n) is 6.64. The molecule has 0 atom stereocenters. The third kappa shape index (κ3) is 2.52. The molecule has 1 amide bonds. The summed E-state index contributed by atoms with van der Waals surface area (Å²) in [7, 11) is 0. The number of carbonyl (C=O) groups is 1. The number of nitrogens with one attached hydrogen (secondary N) is 1. The van der Waals surface area contributed by atoms with E-state index in [0.717, 1.165) is 36.9 Å². The molecule has 20 heavy (non-hydrogen) atoms. The lowest BCUT2D eigenvalue weighted by Crippen LogP contribution is -2.20. The first-order chi connectivity index (χ1) is 9.74. The maximum Gasteiger partial charge on any atom is 0.274 e. The Hall–Kier alpha value is -2.30. The van der Waals surface area contributed by atoms with Gasteiger partial charge in [-0.3, -0.25) is 4.79 Å². The van der Waals surface area contributed by atoms with Crippen LogP contribution in [0, 0.1) is 5.82 Å². The number of carbonyl (C=O) groups excluding carboxylic acids is 1. The number of halogens is 1. The minimum absolute atomic E-state index is 0.267. The maximum absolute atomic E-state index is 12.8. The first-order valence-corrected chi connectivity index (χ1v) is 6.64. The molecule has 1 N–H and O–H groups in total. The lowest BCUT2D eigenvalue weighted by molar-refractivity contribution is 0.102. The van der Waals surface area contributed by atoms with Crippen molar-refractivity contribution in [2.24, 2.45) is 0 Å². The van der Waals surface area contributed by atoms with E-state index in [-0.39, 0.29) is 11.7 Å². The van der Waals surface area contributed by atoms with Crippen molar-refractivity contribution in [2.45, 2.75) is 25.7 Å². The molecule has 2 aromatic rings. The molecule has 102 valence electrons. The zero-order valence-corrected chi connectivity index (χ0v) is 10.9. The van der Waals surface area contributed by atoms with Gasteiger partial charge < -0.3 is 5.32 Å². The monoisotopic (exact) mass is 271 g/mol. The predicted octanol–water partition coefficient (Wildman–Crippen LogP) is 2.75. The van der Waals surface area contributed by atoms with Gasteiger partial charge in [0.05, 0.1) is 0 Å². The van der Waals surface area contributed by atoms with Crippen LogP contribution in [0.2, 0.25) is 0 Å². The van der Waals surface area contributed by atoms with Gasteiger partial charge in [0.1, 0.15) is 17.8 Å². The van der Waals surface area contributed by atoms with Gasteiger partial charge in [0.15, 0.2) is 0 Å². The second kappa shape index (κ2) is 5.36. The van der Waals surface area contributed by atoms with Crippen LogP contribution in [0.4, 0.5) is 10.1 Å². The number of aryl methyl sites for hydroxylation is 1. The smallest absolute Gasteiger partial charge is 0.274 e. The van der Waals surface area contributed by atoms with E-state index in [9.17, 15) is 9.18 Å². The van der Waals surface area contributed by atoms with Crippen LogP contribution < -0.4 is 5.32 Å². The van der Waals surface area contributed by atoms with Gasteiger partial charge in [0.25, 0.3) is 5.91 Å². The molecule has 0 fully saturated rings. The molecule has 0 aliphatic heterocycles. The Balaban J connectivity index is 1.85. The van der Waals surface area contributed by atoms with Crippen molar-refractivity contribution in [3.05, 3.63) is 53.4 Å². The zero-order valence-electron chi connectivity index (χ0n) is 10.9. The lowest BCUT2D eigenvalue weighted by atomic mass is 9.94. The minimum atomic E-state index is -0.331. The molecule has 1 heterocycles. The Morgan fingerprint density at radius 3 is 2.65 bits per heavy atom. The van der Waals surface area contributed by atoms with Crippen molar-refractivity contribution in [3.8, 4) is 0 Å². The summed E-state index contributed by atoms with van der Waals surface area (Å²) in [5.41, 5.74) is 2.90. The van der Waals surface area contributed by atoms with E-state index in [1.165, 1.54) is 30.6 Å². The molecular formula is C15H14FN3O. The third-order valence-corrected chi connectivity index (χ3v) is 3.44. The van der Waals surface area contributed by atoms with Crippen molar-refractivity contribution in [1.29, 1.82) is 0 Å². The molecule has 4 nitrogen and oxygen atoms in total. The number of benzene rings is 1. The number of fused-ring (bicyclic) bond motifs is 1. The highest BCUT2D eigenvalue weighted by atomic mass is 19.1. The highest BCUT2D eigenvalue weighted by Crippen LogP contribution is 2.22. The van der Waals surface area contributed by atoms with E-state index >= 15 is 0 Å². The molecule has 1 aliphatic rings. The normalized spacial score (nSPS) is 13.7. The second-order valence-corrected chi connectivity index (χ2v) is 4.82. The van der Waals surface area contributed by atoms with Crippen LogP contribution >= 0.6 is 0 Å². The fraction of sp³-hybridized carbons (Fsp3) is 0.267. The molecule has 1 aliphatic carbocycles. The summed E-state index contributed by atoms with van der Waals surface area (Å²) >= 11 is 0. The predicted molar refractivity (Wildman–Crippen MR) is 73.0 cm³/mol. The topological polar surface area (TPSA) is 54.9 Å². The van der Waals surface area contributed by atoms with Crippen molar-refractivity contribution in [1.82, 2.24) is 9.97 Å². The molecule has 1 aromatic heterocycles. The quantitative estimate of drug-likeness (QED) is 0.913. The standard InChI is InChI=1S/C15H14FN3O/c16-10-5-7-11(8-6-10)19-15(20)14-12-3-1-2-4-13(12)17-9-18-14/h5-9H,1-4H2,(H,19,20). The van der Waals surface area contributed by atoms with Crippen molar-refractivity contribution < 1.29 is 9.18 Å².